The Balaban J connectivity index is 1.93. The number of anilines is 1. The molecule has 1 amide bonds. The molecule has 1 heterocycles. The predicted octanol–water partition coefficient (Wildman–Crippen LogP) is 3.51. The average molecular weight is 486 g/mol. The second-order valence-electron chi connectivity index (χ2n) is 7.80. The van der Waals surface area contributed by atoms with Gasteiger partial charge in [-0.3, -0.25) is 4.79 Å². The number of halogens is 3. The second kappa shape index (κ2) is 10.6. The lowest BCUT2D eigenvalue weighted by Crippen LogP contribution is -2.50. The number of nitriles is 1. The first kappa shape index (κ1) is 25.8. The van der Waals surface area contributed by atoms with Crippen LogP contribution in [0.4, 0.5) is 18.9 Å². The summed E-state index contributed by atoms with van der Waals surface area (Å²) < 4.78 is 49.8. The van der Waals surface area contributed by atoms with Crippen molar-refractivity contribution < 1.29 is 37.3 Å². The summed E-state index contributed by atoms with van der Waals surface area (Å²) in [7, 11) is 1.24. The molecule has 0 bridgehead atoms. The van der Waals surface area contributed by atoms with Crippen LogP contribution in [-0.2, 0) is 20.4 Å². The highest BCUT2D eigenvalue weighted by Crippen LogP contribution is 2.34. The lowest BCUT2D eigenvalue weighted by atomic mass is 9.81. The summed E-state index contributed by atoms with van der Waals surface area (Å²) in [6.07, 6.45) is -4.19. The smallest absolute Gasteiger partial charge is 0.417 e. The zero-order chi connectivity index (χ0) is 25.6. The van der Waals surface area contributed by atoms with E-state index in [9.17, 15) is 27.9 Å². The minimum absolute atomic E-state index is 0.240. The molecule has 2 aromatic rings. The molecule has 0 aromatic heterocycles. The van der Waals surface area contributed by atoms with Crippen LogP contribution in [0.2, 0.25) is 0 Å². The largest absolute Gasteiger partial charge is 0.465 e. The maximum Gasteiger partial charge on any atom is 0.417 e. The average Bonchev–Trinajstić information content (AvgIpc) is 2.87. The molecule has 0 aliphatic carbocycles. The number of ether oxygens (including phenoxy) is 2. The van der Waals surface area contributed by atoms with Crippen LogP contribution in [0.25, 0.3) is 0 Å². The van der Waals surface area contributed by atoms with Crippen LogP contribution in [0.3, 0.4) is 0 Å². The van der Waals surface area contributed by atoms with Crippen molar-refractivity contribution in [2.75, 3.05) is 25.6 Å². The third-order valence-electron chi connectivity index (χ3n) is 5.56. The number of nitrogens with one attached hydrogen (secondary N) is 1. The summed E-state index contributed by atoms with van der Waals surface area (Å²) in [5, 5.41) is 22.6. The molecule has 3 rings (SSSR count). The zero-order valence-electron chi connectivity index (χ0n) is 18.6. The lowest BCUT2D eigenvalue weighted by molar-refractivity contribution is -0.138. The first-order chi connectivity index (χ1) is 16.6. The number of hydrogen-bond acceptors (Lipinski definition) is 6. The Hall–Kier alpha value is -3.86. The normalized spacial score (nSPS) is 15.7. The molecule has 1 aliphatic heterocycles. The van der Waals surface area contributed by atoms with Crippen molar-refractivity contribution in [3.63, 3.8) is 0 Å². The van der Waals surface area contributed by atoms with Gasteiger partial charge in [0.15, 0.2) is 0 Å². The van der Waals surface area contributed by atoms with Crippen molar-refractivity contribution in [3.8, 4) is 17.9 Å². The lowest BCUT2D eigenvalue weighted by Gasteiger charge is -2.33. The Bertz CT molecular complexity index is 1200. The van der Waals surface area contributed by atoms with Gasteiger partial charge in [0.05, 0.1) is 29.9 Å². The monoisotopic (exact) mass is 486 g/mol. The van der Waals surface area contributed by atoms with E-state index < -0.39 is 40.7 Å². The van der Waals surface area contributed by atoms with Gasteiger partial charge in [-0.1, -0.05) is 11.8 Å². The summed E-state index contributed by atoms with van der Waals surface area (Å²) in [5.74, 6) is 3.11. The van der Waals surface area contributed by atoms with E-state index in [4.69, 9.17) is 10.00 Å². The molecular weight excluding hydrogens is 465 g/mol. The molecule has 1 fully saturated rings. The molecule has 1 atom stereocenters. The number of methoxy groups -OCH3 is 1. The van der Waals surface area contributed by atoms with Crippen molar-refractivity contribution in [1.82, 2.24) is 0 Å². The number of carbonyl (C=O) groups is 2. The Morgan fingerprint density at radius 2 is 1.80 bits per heavy atom. The molecule has 2 aromatic carbocycles. The van der Waals surface area contributed by atoms with Crippen LogP contribution in [-0.4, -0.2) is 42.9 Å². The number of esters is 1. The molecule has 1 aliphatic rings. The first-order valence-corrected chi connectivity index (χ1v) is 10.5. The molecule has 0 spiro atoms. The summed E-state index contributed by atoms with van der Waals surface area (Å²) >= 11 is 0. The predicted molar refractivity (Wildman–Crippen MR) is 118 cm³/mol. The van der Waals surface area contributed by atoms with Crippen molar-refractivity contribution in [2.24, 2.45) is 5.92 Å². The highest BCUT2D eigenvalue weighted by Gasteiger charge is 2.43. The van der Waals surface area contributed by atoms with Gasteiger partial charge in [0, 0.05) is 30.4 Å². The minimum atomic E-state index is -4.81. The molecule has 0 radical (unpaired) electrons. The van der Waals surface area contributed by atoms with Gasteiger partial charge in [0.1, 0.15) is 0 Å². The van der Waals surface area contributed by atoms with Gasteiger partial charge in [0.25, 0.3) is 5.91 Å². The van der Waals surface area contributed by atoms with E-state index in [0.29, 0.717) is 24.5 Å². The van der Waals surface area contributed by atoms with Gasteiger partial charge in [-0.2, -0.15) is 18.4 Å². The van der Waals surface area contributed by atoms with Gasteiger partial charge in [0.2, 0.25) is 5.60 Å². The molecule has 182 valence electrons. The van der Waals surface area contributed by atoms with Crippen LogP contribution in [0.5, 0.6) is 0 Å². The topological polar surface area (TPSA) is 109 Å². The molecule has 2 N–H and O–H groups in total. The summed E-state index contributed by atoms with van der Waals surface area (Å²) in [6.45, 7) is 0.565. The van der Waals surface area contributed by atoms with Crippen molar-refractivity contribution >= 4 is 17.6 Å². The number of carbonyl (C=O) groups excluding carboxylic acids is 2. The van der Waals surface area contributed by atoms with Crippen LogP contribution < -0.4 is 5.32 Å². The molecule has 10 heteroatoms. The maximum absolute atomic E-state index is 13.3. The fourth-order valence-electron chi connectivity index (χ4n) is 3.61. The van der Waals surface area contributed by atoms with Crippen molar-refractivity contribution in [2.45, 2.75) is 24.6 Å². The number of nitrogens with zero attached hydrogens (tertiary/aromatic N) is 1. The number of rotatable bonds is 4. The number of amides is 1. The van der Waals surface area contributed by atoms with Gasteiger partial charge in [-0.25, -0.2) is 4.79 Å². The molecule has 35 heavy (non-hydrogen) atoms. The Morgan fingerprint density at radius 1 is 1.14 bits per heavy atom. The molecule has 1 saturated heterocycles. The third-order valence-corrected chi connectivity index (χ3v) is 5.56. The SMILES string of the molecule is COC(=O)c1ccc(C#CC(O)(C(=O)Nc2ccc(C#N)c(C(F)(F)F)c2)C2CCOCC2)cc1. The van der Waals surface area contributed by atoms with E-state index >= 15 is 0 Å². The van der Waals surface area contributed by atoms with E-state index in [1.54, 1.807) is 0 Å². The Morgan fingerprint density at radius 3 is 2.37 bits per heavy atom. The summed E-state index contributed by atoms with van der Waals surface area (Å²) in [4.78, 5) is 24.7. The fourth-order valence-corrected chi connectivity index (χ4v) is 3.61. The Kier molecular flexibility index (Phi) is 7.80. The third kappa shape index (κ3) is 5.99. The van der Waals surface area contributed by atoms with Crippen molar-refractivity contribution in [1.29, 1.82) is 5.26 Å². The number of hydrogen-bond donors (Lipinski definition) is 2. The molecule has 0 saturated carbocycles. The van der Waals surface area contributed by atoms with E-state index in [-0.39, 0.29) is 24.5 Å². The molecule has 1 unspecified atom stereocenters. The molecular formula is C25H21F3N2O5. The van der Waals surface area contributed by atoms with Crippen molar-refractivity contribution in [3.05, 3.63) is 64.7 Å². The van der Waals surface area contributed by atoms with Gasteiger partial charge < -0.3 is 19.9 Å². The van der Waals surface area contributed by atoms with Crippen LogP contribution >= 0.6 is 0 Å². The van der Waals surface area contributed by atoms with Gasteiger partial charge in [-0.15, -0.1) is 0 Å². The van der Waals surface area contributed by atoms with Crippen LogP contribution in [0.15, 0.2) is 42.5 Å². The molecule has 7 nitrogen and oxygen atoms in total. The highest BCUT2D eigenvalue weighted by atomic mass is 19.4. The Labute approximate surface area is 199 Å². The van der Waals surface area contributed by atoms with E-state index in [0.717, 1.165) is 12.1 Å². The van der Waals surface area contributed by atoms with Gasteiger partial charge in [-0.05, 0) is 55.3 Å². The van der Waals surface area contributed by atoms with Crippen LogP contribution in [0.1, 0.15) is 39.9 Å². The second-order valence-corrected chi connectivity index (χ2v) is 7.80. The van der Waals surface area contributed by atoms with E-state index in [2.05, 4.69) is 21.9 Å². The number of aliphatic hydroxyl groups is 1. The summed E-state index contributed by atoms with van der Waals surface area (Å²) in [6, 6.07) is 10.2. The fraction of sp³-hybridized carbons (Fsp3) is 0.320. The number of alkyl halides is 3. The highest BCUT2D eigenvalue weighted by molar-refractivity contribution is 6.00. The standard InChI is InChI=1S/C25H21F3N2O5/c1-34-22(31)17-4-2-16(3-5-17)8-11-24(33,19-9-12-35-13-10-19)23(32)30-20-7-6-18(15-29)21(14-20)25(26,27)28/h2-7,14,19,33H,9-10,12-13H2,1H3,(H,30,32). The van der Waals surface area contributed by atoms with E-state index in [1.165, 1.54) is 37.4 Å². The van der Waals surface area contributed by atoms with Crippen LogP contribution in [0, 0.1) is 29.1 Å². The van der Waals surface area contributed by atoms with Gasteiger partial charge >= 0.3 is 12.1 Å². The summed E-state index contributed by atoms with van der Waals surface area (Å²) in [5.41, 5.74) is -3.59. The number of benzene rings is 2. The first-order valence-electron chi connectivity index (χ1n) is 10.5. The quantitative estimate of drug-likeness (QED) is 0.506. The van der Waals surface area contributed by atoms with E-state index in [1.807, 2.05) is 0 Å². The maximum atomic E-state index is 13.3. The minimum Gasteiger partial charge on any atom is -0.465 e. The zero-order valence-corrected chi connectivity index (χ0v) is 18.6.